The van der Waals surface area contributed by atoms with Crippen molar-refractivity contribution in [2.45, 2.75) is 37.3 Å². The van der Waals surface area contributed by atoms with Gasteiger partial charge in [0.25, 0.3) is 11.8 Å². The third-order valence-corrected chi connectivity index (χ3v) is 6.11. The molecule has 4 rings (SSSR count). The first-order valence-electron chi connectivity index (χ1n) is 9.76. The Bertz CT molecular complexity index is 1160. The first kappa shape index (κ1) is 21.4. The van der Waals surface area contributed by atoms with Gasteiger partial charge < -0.3 is 15.8 Å². The zero-order valence-corrected chi connectivity index (χ0v) is 17.6. The van der Waals surface area contributed by atoms with Gasteiger partial charge in [0.2, 0.25) is 0 Å². The average molecular weight is 445 g/mol. The minimum atomic E-state index is -3.06. The van der Waals surface area contributed by atoms with Crippen LogP contribution in [-0.2, 0) is 4.74 Å². The Morgan fingerprint density at radius 2 is 2.32 bits per heavy atom. The quantitative estimate of drug-likeness (QED) is 0.603. The second-order valence-corrected chi connectivity index (χ2v) is 8.29. The first-order chi connectivity index (χ1) is 14.9. The highest BCUT2D eigenvalue weighted by Crippen LogP contribution is 2.34. The molecule has 1 saturated carbocycles. The van der Waals surface area contributed by atoms with E-state index in [0.717, 1.165) is 16.9 Å². The van der Waals surface area contributed by atoms with Crippen molar-refractivity contribution in [1.29, 1.82) is 0 Å². The molecule has 0 aromatic carbocycles. The molecule has 1 fully saturated rings. The third kappa shape index (κ3) is 4.30. The summed E-state index contributed by atoms with van der Waals surface area (Å²) in [4.78, 5) is 17.8. The van der Waals surface area contributed by atoms with Crippen LogP contribution in [0.15, 0.2) is 30.6 Å². The number of carbonyl (C=O) groups excluding carboxylic acids is 1. The number of nitrogens with zero attached hydrogens (tertiary/aromatic N) is 3. The number of carbonyl (C=O) groups is 1. The van der Waals surface area contributed by atoms with Crippen molar-refractivity contribution in [1.82, 2.24) is 19.9 Å². The average Bonchev–Trinajstić information content (AvgIpc) is 3.35. The maximum absolute atomic E-state index is 14.3. The van der Waals surface area contributed by atoms with Crippen molar-refractivity contribution in [2.75, 3.05) is 13.7 Å². The Morgan fingerprint density at radius 3 is 3.10 bits per heavy atom. The number of amides is 1. The lowest BCUT2D eigenvalue weighted by Gasteiger charge is -2.36. The largest absolute Gasteiger partial charge is 0.372 e. The molecule has 31 heavy (non-hydrogen) atoms. The van der Waals surface area contributed by atoms with Gasteiger partial charge in [-0.15, -0.1) is 0 Å². The van der Waals surface area contributed by atoms with Gasteiger partial charge in [-0.1, -0.05) is 29.2 Å². The maximum atomic E-state index is 14.3. The van der Waals surface area contributed by atoms with Crippen LogP contribution in [0.3, 0.4) is 0 Å². The molecule has 2 atom stereocenters. The summed E-state index contributed by atoms with van der Waals surface area (Å²) in [6.45, 7) is 0.205. The number of fused-ring (bicyclic) bond motifs is 1. The van der Waals surface area contributed by atoms with Gasteiger partial charge >= 0.3 is 0 Å². The number of aromatic nitrogens is 3. The van der Waals surface area contributed by atoms with Gasteiger partial charge in [0.1, 0.15) is 23.2 Å². The second kappa shape index (κ2) is 8.70. The van der Waals surface area contributed by atoms with Crippen molar-refractivity contribution in [3.8, 4) is 23.1 Å². The number of alkyl halides is 2. The Labute approximate surface area is 181 Å². The molecule has 1 aliphatic carbocycles. The van der Waals surface area contributed by atoms with Crippen molar-refractivity contribution in [3.05, 3.63) is 40.5 Å². The number of nitrogens with two attached hydrogens (primary N) is 1. The lowest BCUT2D eigenvalue weighted by molar-refractivity contribution is -0.0674. The predicted octanol–water partition coefficient (Wildman–Crippen LogP) is 2.70. The van der Waals surface area contributed by atoms with Gasteiger partial charge in [-0.25, -0.2) is 18.3 Å². The second-order valence-electron chi connectivity index (χ2n) is 7.29. The van der Waals surface area contributed by atoms with Crippen LogP contribution >= 0.6 is 11.3 Å². The van der Waals surface area contributed by atoms with E-state index in [1.165, 1.54) is 7.11 Å². The zero-order valence-electron chi connectivity index (χ0n) is 16.8. The normalized spacial score (nSPS) is 20.3. The fourth-order valence-electron chi connectivity index (χ4n) is 3.61. The van der Waals surface area contributed by atoms with Gasteiger partial charge in [-0.2, -0.15) is 5.10 Å². The molecule has 10 heteroatoms. The van der Waals surface area contributed by atoms with E-state index < -0.39 is 23.9 Å². The van der Waals surface area contributed by atoms with E-state index in [2.05, 4.69) is 27.2 Å². The molecular weight excluding hydrogens is 424 g/mol. The van der Waals surface area contributed by atoms with E-state index in [1.54, 1.807) is 16.9 Å². The molecule has 0 radical (unpaired) electrons. The molecule has 0 spiro atoms. The van der Waals surface area contributed by atoms with Gasteiger partial charge in [0, 0.05) is 31.3 Å². The number of pyridine rings is 1. The number of methoxy groups -OCH3 is 1. The van der Waals surface area contributed by atoms with E-state index in [4.69, 9.17) is 10.5 Å². The highest BCUT2D eigenvalue weighted by molar-refractivity contribution is 7.14. The Balaban J connectivity index is 1.70. The van der Waals surface area contributed by atoms with Gasteiger partial charge in [-0.3, -0.25) is 4.79 Å². The van der Waals surface area contributed by atoms with E-state index in [-0.39, 0.29) is 18.0 Å². The lowest BCUT2D eigenvalue weighted by Crippen LogP contribution is -2.59. The van der Waals surface area contributed by atoms with E-state index in [9.17, 15) is 13.6 Å². The number of rotatable bonds is 4. The summed E-state index contributed by atoms with van der Waals surface area (Å²) in [6, 6.07) is 3.34. The number of hydrogen-bond acceptors (Lipinski definition) is 6. The molecule has 0 aliphatic heterocycles. The molecule has 162 valence electrons. The molecule has 3 aromatic rings. The predicted molar refractivity (Wildman–Crippen MR) is 113 cm³/mol. The maximum Gasteiger partial charge on any atom is 0.280 e. The number of halogens is 2. The van der Waals surface area contributed by atoms with Crippen LogP contribution in [0.2, 0.25) is 0 Å². The molecule has 3 N–H and O–H groups in total. The van der Waals surface area contributed by atoms with E-state index in [1.807, 2.05) is 18.2 Å². The summed E-state index contributed by atoms with van der Waals surface area (Å²) >= 11 is 1.04. The monoisotopic (exact) mass is 445 g/mol. The van der Waals surface area contributed by atoms with Crippen molar-refractivity contribution in [3.63, 3.8) is 0 Å². The highest BCUT2D eigenvalue weighted by Gasteiger charge is 2.46. The van der Waals surface area contributed by atoms with Crippen LogP contribution in [0.25, 0.3) is 16.8 Å². The summed E-state index contributed by atoms with van der Waals surface area (Å²) in [6.07, 6.45) is 3.89. The van der Waals surface area contributed by atoms with Crippen LogP contribution in [0.4, 0.5) is 8.78 Å². The summed E-state index contributed by atoms with van der Waals surface area (Å²) in [5, 5.41) is 6.75. The summed E-state index contributed by atoms with van der Waals surface area (Å²) in [5.41, 5.74) is 7.83. The molecule has 0 bridgehead atoms. The van der Waals surface area contributed by atoms with Crippen LogP contribution in [0.1, 0.15) is 33.9 Å². The van der Waals surface area contributed by atoms with Crippen molar-refractivity contribution >= 4 is 22.8 Å². The first-order valence-corrected chi connectivity index (χ1v) is 10.6. The minimum absolute atomic E-state index is 0.0422. The summed E-state index contributed by atoms with van der Waals surface area (Å²) in [7, 11) is 1.53. The zero-order chi connectivity index (χ0) is 22.0. The molecule has 1 aliphatic rings. The number of nitrogens with one attached hydrogen (secondary N) is 1. The number of thiazole rings is 1. The molecule has 2 unspecified atom stereocenters. The Hall–Kier alpha value is -2.87. The highest BCUT2D eigenvalue weighted by atomic mass is 32.1. The SMILES string of the molecule is COCC#Cc1sc(C(=O)NC2C(N)CCCC2(F)F)nc1-c1cnn2ccccc12. The summed E-state index contributed by atoms with van der Waals surface area (Å²) in [5.74, 6) is 2.07. The molecule has 3 aromatic heterocycles. The van der Waals surface area contributed by atoms with Crippen LogP contribution in [0.5, 0.6) is 0 Å². The minimum Gasteiger partial charge on any atom is -0.372 e. The van der Waals surface area contributed by atoms with E-state index >= 15 is 0 Å². The topological polar surface area (TPSA) is 94.5 Å². The third-order valence-electron chi connectivity index (χ3n) is 5.14. The van der Waals surface area contributed by atoms with Gasteiger partial charge in [0.05, 0.1) is 11.7 Å². The summed E-state index contributed by atoms with van der Waals surface area (Å²) < 4.78 is 35.3. The van der Waals surface area contributed by atoms with E-state index in [0.29, 0.717) is 29.0 Å². The van der Waals surface area contributed by atoms with Crippen LogP contribution in [0, 0.1) is 11.8 Å². The van der Waals surface area contributed by atoms with Crippen LogP contribution in [-0.4, -0.2) is 52.2 Å². The standard InChI is InChI=1S/C21H21F2N5O2S/c1-30-11-5-8-16-17(13-12-25-28-10-3-2-7-15(13)28)26-20(31-16)19(29)27-18-14(24)6-4-9-21(18,22)23/h2-3,7,10,12,14,18H,4,6,9,11,24H2,1H3,(H,27,29). The molecule has 1 amide bonds. The van der Waals surface area contributed by atoms with Gasteiger partial charge in [0.15, 0.2) is 5.01 Å². The lowest BCUT2D eigenvalue weighted by atomic mass is 9.87. The van der Waals surface area contributed by atoms with Crippen LogP contribution < -0.4 is 11.1 Å². The molecular formula is C21H21F2N5O2S. The number of ether oxygens (including phenoxy) is 1. The van der Waals surface area contributed by atoms with Gasteiger partial charge in [-0.05, 0) is 25.0 Å². The fourth-order valence-corrected chi connectivity index (χ4v) is 4.47. The van der Waals surface area contributed by atoms with Crippen molar-refractivity contribution in [2.24, 2.45) is 5.73 Å². The smallest absolute Gasteiger partial charge is 0.280 e. The Kier molecular flexibility index (Phi) is 6.00. The molecule has 3 heterocycles. The number of hydrogen-bond donors (Lipinski definition) is 2. The fraction of sp³-hybridized carbons (Fsp3) is 0.381. The molecule has 0 saturated heterocycles. The van der Waals surface area contributed by atoms with Crippen molar-refractivity contribution < 1.29 is 18.3 Å². The Morgan fingerprint density at radius 1 is 1.48 bits per heavy atom. The molecule has 7 nitrogen and oxygen atoms in total.